The normalized spacial score (nSPS) is 10.7. The Morgan fingerprint density at radius 2 is 1.57 bits per heavy atom. The second kappa shape index (κ2) is 4.87. The molecule has 0 bridgehead atoms. The number of hydrogen-bond donors (Lipinski definition) is 1. The lowest BCUT2D eigenvalue weighted by Gasteiger charge is -2.01. The maximum absolute atomic E-state index is 12.6. The first-order chi connectivity index (χ1) is 10.1. The fraction of sp³-hybridized carbons (Fsp3) is 0. The van der Waals surface area contributed by atoms with Crippen LogP contribution in [0.1, 0.15) is 5.56 Å². The standard InChI is InChI=1S/C18H12O3/c1-11(18(20)21)13-8-9-16-14(10-13)7-6-12-4-2-3-5-15(12)17(16)19/h2-10H,1H2,(H,20,21). The van der Waals surface area contributed by atoms with E-state index in [-0.39, 0.29) is 11.0 Å². The molecule has 0 atom stereocenters. The molecule has 0 fully saturated rings. The molecule has 3 aromatic carbocycles. The van der Waals surface area contributed by atoms with Crippen LogP contribution in [0.4, 0.5) is 0 Å². The smallest absolute Gasteiger partial charge is 0.335 e. The monoisotopic (exact) mass is 276 g/mol. The average Bonchev–Trinajstić information content (AvgIpc) is 2.64. The summed E-state index contributed by atoms with van der Waals surface area (Å²) in [6.45, 7) is 3.55. The highest BCUT2D eigenvalue weighted by Gasteiger charge is 2.09. The van der Waals surface area contributed by atoms with Crippen LogP contribution in [-0.4, -0.2) is 11.1 Å². The first-order valence-corrected chi connectivity index (χ1v) is 6.46. The van der Waals surface area contributed by atoms with Crippen molar-refractivity contribution in [3.8, 4) is 0 Å². The Hall–Kier alpha value is -2.94. The molecule has 0 saturated carbocycles. The molecule has 0 aliphatic heterocycles. The number of benzene rings is 2. The van der Waals surface area contributed by atoms with Crippen LogP contribution in [0.2, 0.25) is 0 Å². The largest absolute Gasteiger partial charge is 0.478 e. The van der Waals surface area contributed by atoms with Gasteiger partial charge in [0.2, 0.25) is 0 Å². The molecule has 0 saturated heterocycles. The SMILES string of the molecule is C=C(C(=O)O)c1ccc2c(=O)c3ccccc3ccc2c1. The minimum Gasteiger partial charge on any atom is -0.478 e. The molecule has 0 unspecified atom stereocenters. The van der Waals surface area contributed by atoms with Crippen LogP contribution in [0.5, 0.6) is 0 Å². The lowest BCUT2D eigenvalue weighted by Crippen LogP contribution is -2.00. The van der Waals surface area contributed by atoms with Crippen molar-refractivity contribution in [2.75, 3.05) is 0 Å². The summed E-state index contributed by atoms with van der Waals surface area (Å²) in [6, 6.07) is 16.0. The first kappa shape index (κ1) is 13.1. The molecule has 0 amide bonds. The molecule has 3 aromatic rings. The van der Waals surface area contributed by atoms with Crippen molar-refractivity contribution in [1.29, 1.82) is 0 Å². The van der Waals surface area contributed by atoms with Crippen molar-refractivity contribution in [3.05, 3.63) is 77.0 Å². The van der Waals surface area contributed by atoms with E-state index in [0.717, 1.165) is 5.39 Å². The van der Waals surface area contributed by atoms with Crippen LogP contribution < -0.4 is 5.43 Å². The molecule has 0 spiro atoms. The number of hydrogen-bond acceptors (Lipinski definition) is 2. The van der Waals surface area contributed by atoms with E-state index >= 15 is 0 Å². The van der Waals surface area contributed by atoms with Crippen LogP contribution in [0, 0.1) is 0 Å². The summed E-state index contributed by atoms with van der Waals surface area (Å²) in [6.07, 6.45) is 0. The van der Waals surface area contributed by atoms with Gasteiger partial charge in [-0.2, -0.15) is 0 Å². The number of rotatable bonds is 2. The highest BCUT2D eigenvalue weighted by atomic mass is 16.4. The quantitative estimate of drug-likeness (QED) is 0.729. The summed E-state index contributed by atoms with van der Waals surface area (Å²) in [7, 11) is 0. The molecule has 3 nitrogen and oxygen atoms in total. The van der Waals surface area contributed by atoms with E-state index in [0.29, 0.717) is 21.7 Å². The highest BCUT2D eigenvalue weighted by Crippen LogP contribution is 2.20. The van der Waals surface area contributed by atoms with Gasteiger partial charge >= 0.3 is 5.97 Å². The van der Waals surface area contributed by atoms with Crippen LogP contribution in [-0.2, 0) is 4.79 Å². The third-order valence-corrected chi connectivity index (χ3v) is 3.55. The first-order valence-electron chi connectivity index (χ1n) is 6.46. The van der Waals surface area contributed by atoms with Crippen molar-refractivity contribution in [2.45, 2.75) is 0 Å². The maximum Gasteiger partial charge on any atom is 0.335 e. The van der Waals surface area contributed by atoms with Crippen molar-refractivity contribution < 1.29 is 9.90 Å². The number of carboxylic acid groups (broad SMARTS) is 1. The van der Waals surface area contributed by atoms with Crippen LogP contribution in [0.15, 0.2) is 66.0 Å². The van der Waals surface area contributed by atoms with Crippen molar-refractivity contribution >= 4 is 33.1 Å². The Morgan fingerprint density at radius 3 is 2.33 bits per heavy atom. The number of fused-ring (bicyclic) bond motifs is 2. The fourth-order valence-electron chi connectivity index (χ4n) is 2.39. The third-order valence-electron chi connectivity index (χ3n) is 3.55. The van der Waals surface area contributed by atoms with E-state index in [1.165, 1.54) is 0 Å². The Balaban J connectivity index is 2.39. The Morgan fingerprint density at radius 1 is 0.905 bits per heavy atom. The summed E-state index contributed by atoms with van der Waals surface area (Å²) in [4.78, 5) is 23.6. The van der Waals surface area contributed by atoms with Gasteiger partial charge in [-0.05, 0) is 28.5 Å². The van der Waals surface area contributed by atoms with Crippen LogP contribution in [0.3, 0.4) is 0 Å². The van der Waals surface area contributed by atoms with Crippen LogP contribution in [0.25, 0.3) is 27.1 Å². The maximum atomic E-state index is 12.6. The molecule has 0 radical (unpaired) electrons. The van der Waals surface area contributed by atoms with Gasteiger partial charge < -0.3 is 5.11 Å². The molecule has 3 heteroatoms. The molecule has 102 valence electrons. The van der Waals surface area contributed by atoms with E-state index in [9.17, 15) is 9.59 Å². The van der Waals surface area contributed by atoms with Gasteiger partial charge in [0.1, 0.15) is 0 Å². The van der Waals surface area contributed by atoms with E-state index in [1.54, 1.807) is 24.3 Å². The third kappa shape index (κ3) is 2.19. The Kier molecular flexibility index (Phi) is 3.03. The topological polar surface area (TPSA) is 54.4 Å². The Labute approximate surface area is 120 Å². The lowest BCUT2D eigenvalue weighted by molar-refractivity contribution is -0.130. The summed E-state index contributed by atoms with van der Waals surface area (Å²) in [5, 5.41) is 11.8. The average molecular weight is 276 g/mol. The van der Waals surface area contributed by atoms with E-state index in [1.807, 2.05) is 30.3 Å². The molecule has 0 aliphatic carbocycles. The molecule has 0 aromatic heterocycles. The summed E-state index contributed by atoms with van der Waals surface area (Å²) >= 11 is 0. The Bertz CT molecular complexity index is 955. The predicted octanol–water partition coefficient (Wildman–Crippen LogP) is 3.45. The van der Waals surface area contributed by atoms with Crippen molar-refractivity contribution in [2.24, 2.45) is 0 Å². The zero-order valence-electron chi connectivity index (χ0n) is 11.2. The summed E-state index contributed by atoms with van der Waals surface area (Å²) in [5.74, 6) is -1.07. The van der Waals surface area contributed by atoms with Gasteiger partial charge in [0, 0.05) is 10.8 Å². The number of aliphatic carboxylic acids is 1. The second-order valence-corrected chi connectivity index (χ2v) is 4.84. The van der Waals surface area contributed by atoms with Gasteiger partial charge in [-0.3, -0.25) is 4.79 Å². The van der Waals surface area contributed by atoms with E-state index < -0.39 is 5.97 Å². The predicted molar refractivity (Wildman–Crippen MR) is 84.4 cm³/mol. The van der Waals surface area contributed by atoms with Crippen molar-refractivity contribution in [3.63, 3.8) is 0 Å². The molecule has 0 heterocycles. The fourth-order valence-corrected chi connectivity index (χ4v) is 2.39. The summed E-state index contributed by atoms with van der Waals surface area (Å²) in [5.41, 5.74) is 0.461. The van der Waals surface area contributed by atoms with Gasteiger partial charge in [-0.15, -0.1) is 0 Å². The molecule has 3 rings (SSSR count). The van der Waals surface area contributed by atoms with Crippen LogP contribution >= 0.6 is 0 Å². The number of carboxylic acids is 1. The molecule has 21 heavy (non-hydrogen) atoms. The summed E-state index contributed by atoms with van der Waals surface area (Å²) < 4.78 is 0. The van der Waals surface area contributed by atoms with Gasteiger partial charge in [-0.25, -0.2) is 4.79 Å². The van der Waals surface area contributed by atoms with Crippen molar-refractivity contribution in [1.82, 2.24) is 0 Å². The minimum atomic E-state index is -1.07. The zero-order chi connectivity index (χ0) is 15.0. The molecular formula is C18H12O3. The lowest BCUT2D eigenvalue weighted by atomic mass is 10.0. The van der Waals surface area contributed by atoms with Gasteiger partial charge in [-0.1, -0.05) is 49.0 Å². The molecular weight excluding hydrogens is 264 g/mol. The molecule has 1 N–H and O–H groups in total. The van der Waals surface area contributed by atoms with Gasteiger partial charge in [0.25, 0.3) is 0 Å². The van der Waals surface area contributed by atoms with Gasteiger partial charge in [0.15, 0.2) is 5.43 Å². The number of carbonyl (C=O) groups is 1. The second-order valence-electron chi connectivity index (χ2n) is 4.84. The van der Waals surface area contributed by atoms with E-state index in [4.69, 9.17) is 5.11 Å². The molecule has 0 aliphatic rings. The van der Waals surface area contributed by atoms with Gasteiger partial charge in [0.05, 0.1) is 5.57 Å². The minimum absolute atomic E-state index is 0.0143. The zero-order valence-corrected chi connectivity index (χ0v) is 11.2. The van der Waals surface area contributed by atoms with E-state index in [2.05, 4.69) is 6.58 Å². The highest BCUT2D eigenvalue weighted by molar-refractivity contribution is 6.15.